The summed E-state index contributed by atoms with van der Waals surface area (Å²) in [6.07, 6.45) is 3.38. The molecule has 28 heavy (non-hydrogen) atoms. The molecule has 2 atom stereocenters. The molecule has 0 unspecified atom stereocenters. The fourth-order valence-electron chi connectivity index (χ4n) is 3.58. The van der Waals surface area contributed by atoms with E-state index in [1.165, 1.54) is 24.7 Å². The maximum atomic E-state index is 13.4. The van der Waals surface area contributed by atoms with Crippen LogP contribution in [-0.4, -0.2) is 52.6 Å². The highest BCUT2D eigenvalue weighted by molar-refractivity contribution is 7.93. The zero-order valence-electron chi connectivity index (χ0n) is 15.5. The average molecular weight is 405 g/mol. The Morgan fingerprint density at radius 1 is 1.32 bits per heavy atom. The third-order valence-electron chi connectivity index (χ3n) is 5.07. The van der Waals surface area contributed by atoms with Gasteiger partial charge in [0.1, 0.15) is 0 Å². The molecule has 1 aliphatic rings. The summed E-state index contributed by atoms with van der Waals surface area (Å²) in [4.78, 5) is 31.0. The molecule has 2 aromatic rings. The summed E-state index contributed by atoms with van der Waals surface area (Å²) in [5.74, 6) is -1.71. The summed E-state index contributed by atoms with van der Waals surface area (Å²) in [6.45, 7) is 1.91. The van der Waals surface area contributed by atoms with Crippen LogP contribution in [0.3, 0.4) is 0 Å². The van der Waals surface area contributed by atoms with E-state index in [2.05, 4.69) is 9.97 Å². The van der Waals surface area contributed by atoms with Crippen molar-refractivity contribution in [3.63, 3.8) is 0 Å². The molecule has 150 valence electrons. The zero-order valence-corrected chi connectivity index (χ0v) is 16.3. The molecular weight excluding hydrogens is 382 g/mol. The van der Waals surface area contributed by atoms with Crippen LogP contribution in [0.5, 0.6) is 0 Å². The number of carbonyl (C=O) groups excluding carboxylic acids is 2. The average Bonchev–Trinajstić information content (AvgIpc) is 3.31. The molecule has 10 heteroatoms. The quantitative estimate of drug-likeness (QED) is 0.608. The number of imidazole rings is 1. The molecule has 2 amide bonds. The van der Waals surface area contributed by atoms with Gasteiger partial charge in [-0.25, -0.2) is 13.4 Å². The van der Waals surface area contributed by atoms with Gasteiger partial charge in [-0.3, -0.25) is 9.59 Å². The maximum Gasteiger partial charge on any atom is 0.259 e. The predicted octanol–water partition coefficient (Wildman–Crippen LogP) is -0.134. The maximum absolute atomic E-state index is 13.4. The molecule has 5 N–H and O–H groups in total. The lowest BCUT2D eigenvalue weighted by molar-refractivity contribution is -0.140. The van der Waals surface area contributed by atoms with Crippen LogP contribution in [0.15, 0.2) is 41.7 Å². The van der Waals surface area contributed by atoms with Crippen molar-refractivity contribution < 1.29 is 18.0 Å². The SMILES string of the molecule is Cc1ccc(S(=O)(=O)[C@@]2(C(N)=O)CCCN2C(=O)[C@@H](N)Cc2cnc[nH]2)cc1. The van der Waals surface area contributed by atoms with E-state index in [9.17, 15) is 18.0 Å². The number of sulfone groups is 1. The van der Waals surface area contributed by atoms with Crippen molar-refractivity contribution in [3.8, 4) is 0 Å². The number of aromatic amines is 1. The first-order valence-electron chi connectivity index (χ1n) is 8.85. The Bertz CT molecular complexity index is 972. The van der Waals surface area contributed by atoms with E-state index in [1.807, 2.05) is 6.92 Å². The summed E-state index contributed by atoms with van der Waals surface area (Å²) in [5.41, 5.74) is 13.1. The minimum absolute atomic E-state index is 0.0567. The first kappa shape index (κ1) is 20.0. The molecule has 0 bridgehead atoms. The number of nitrogens with zero attached hydrogens (tertiary/aromatic N) is 2. The molecular formula is C18H23N5O4S. The predicted molar refractivity (Wildman–Crippen MR) is 102 cm³/mol. The Kier molecular flexibility index (Phi) is 5.26. The van der Waals surface area contributed by atoms with Gasteiger partial charge in [0.25, 0.3) is 5.91 Å². The standard InChI is InChI=1S/C18H23N5O4S/c1-12-3-5-14(6-4-12)28(26,27)18(17(20)25)7-2-8-23(18)16(24)15(19)9-13-10-21-11-22-13/h3-6,10-11,15H,2,7-9,19H2,1H3,(H2,20,25)(H,21,22)/t15-,18+/m0/s1. The molecule has 1 saturated heterocycles. The van der Waals surface area contributed by atoms with Gasteiger partial charge in [0, 0.05) is 24.9 Å². The Morgan fingerprint density at radius 3 is 2.57 bits per heavy atom. The number of benzene rings is 1. The molecule has 0 saturated carbocycles. The number of nitrogens with two attached hydrogens (primary N) is 2. The number of H-pyrrole nitrogens is 1. The van der Waals surface area contributed by atoms with Gasteiger partial charge in [-0.1, -0.05) is 17.7 Å². The number of hydrogen-bond donors (Lipinski definition) is 3. The highest BCUT2D eigenvalue weighted by atomic mass is 32.2. The van der Waals surface area contributed by atoms with Gasteiger partial charge in [-0.15, -0.1) is 0 Å². The first-order chi connectivity index (χ1) is 13.2. The number of likely N-dealkylation sites (tertiary alicyclic amines) is 1. The highest BCUT2D eigenvalue weighted by Gasteiger charge is 2.59. The van der Waals surface area contributed by atoms with Crippen molar-refractivity contribution in [1.29, 1.82) is 0 Å². The number of primary amides is 1. The lowest BCUT2D eigenvalue weighted by Gasteiger charge is -2.36. The summed E-state index contributed by atoms with van der Waals surface area (Å²) < 4.78 is 26.8. The summed E-state index contributed by atoms with van der Waals surface area (Å²) >= 11 is 0. The topological polar surface area (TPSA) is 152 Å². The van der Waals surface area contributed by atoms with Crippen molar-refractivity contribution in [3.05, 3.63) is 48.0 Å². The molecule has 0 aliphatic carbocycles. The second-order valence-corrected chi connectivity index (χ2v) is 9.10. The molecule has 1 aromatic heterocycles. The number of hydrogen-bond acceptors (Lipinski definition) is 6. The van der Waals surface area contributed by atoms with Crippen LogP contribution in [0.4, 0.5) is 0 Å². The first-order valence-corrected chi connectivity index (χ1v) is 10.3. The minimum Gasteiger partial charge on any atom is -0.367 e. The van der Waals surface area contributed by atoms with Gasteiger partial charge >= 0.3 is 0 Å². The van der Waals surface area contributed by atoms with Crippen molar-refractivity contribution >= 4 is 21.7 Å². The molecule has 1 aromatic carbocycles. The van der Waals surface area contributed by atoms with Gasteiger partial charge in [0.15, 0.2) is 0 Å². The van der Waals surface area contributed by atoms with Crippen molar-refractivity contribution in [2.45, 2.75) is 42.0 Å². The van der Waals surface area contributed by atoms with Gasteiger partial charge < -0.3 is 21.4 Å². The van der Waals surface area contributed by atoms with E-state index in [0.717, 1.165) is 10.5 Å². The van der Waals surface area contributed by atoms with Gasteiger partial charge in [0.2, 0.25) is 20.6 Å². The molecule has 1 aliphatic heterocycles. The van der Waals surface area contributed by atoms with Gasteiger partial charge in [-0.05, 0) is 31.9 Å². The third-order valence-corrected chi connectivity index (χ3v) is 7.48. The van der Waals surface area contributed by atoms with Crippen LogP contribution in [0.1, 0.15) is 24.1 Å². The largest absolute Gasteiger partial charge is 0.367 e. The molecule has 0 radical (unpaired) electrons. The Hall–Kier alpha value is -2.72. The van der Waals surface area contributed by atoms with Crippen molar-refractivity contribution in [2.75, 3.05) is 6.54 Å². The fraction of sp³-hybridized carbons (Fsp3) is 0.389. The monoisotopic (exact) mass is 405 g/mol. The van der Waals surface area contributed by atoms with Crippen LogP contribution in [0.25, 0.3) is 0 Å². The lowest BCUT2D eigenvalue weighted by atomic mass is 10.1. The Labute approximate surface area is 163 Å². The summed E-state index contributed by atoms with van der Waals surface area (Å²) in [6, 6.07) is 5.06. The Balaban J connectivity index is 1.99. The van der Waals surface area contributed by atoms with E-state index < -0.39 is 32.6 Å². The Morgan fingerprint density at radius 2 is 2.00 bits per heavy atom. The van der Waals surface area contributed by atoms with E-state index >= 15 is 0 Å². The number of rotatable bonds is 6. The third kappa shape index (κ3) is 3.18. The number of aromatic nitrogens is 2. The van der Waals surface area contributed by atoms with E-state index in [0.29, 0.717) is 12.1 Å². The van der Waals surface area contributed by atoms with Gasteiger partial charge in [-0.2, -0.15) is 0 Å². The molecule has 2 heterocycles. The summed E-state index contributed by atoms with van der Waals surface area (Å²) in [7, 11) is -4.25. The number of carbonyl (C=O) groups is 2. The highest BCUT2D eigenvalue weighted by Crippen LogP contribution is 2.39. The van der Waals surface area contributed by atoms with E-state index in [-0.39, 0.29) is 24.3 Å². The zero-order chi connectivity index (χ0) is 20.5. The molecule has 3 rings (SSSR count). The van der Waals surface area contributed by atoms with Crippen LogP contribution in [0, 0.1) is 6.92 Å². The van der Waals surface area contributed by atoms with Crippen molar-refractivity contribution in [1.82, 2.24) is 14.9 Å². The molecule has 1 fully saturated rings. The fourth-order valence-corrected chi connectivity index (χ4v) is 5.62. The second-order valence-electron chi connectivity index (χ2n) is 6.95. The number of nitrogens with one attached hydrogen (secondary N) is 1. The van der Waals surface area contributed by atoms with Gasteiger partial charge in [0.05, 0.1) is 17.3 Å². The summed E-state index contributed by atoms with van der Waals surface area (Å²) in [5, 5.41) is 0. The number of amides is 2. The number of aryl methyl sites for hydroxylation is 1. The second kappa shape index (κ2) is 7.36. The van der Waals surface area contributed by atoms with E-state index in [4.69, 9.17) is 11.5 Å². The van der Waals surface area contributed by atoms with Crippen LogP contribution < -0.4 is 11.5 Å². The normalized spacial score (nSPS) is 20.9. The molecule has 9 nitrogen and oxygen atoms in total. The lowest BCUT2D eigenvalue weighted by Crippen LogP contribution is -2.63. The van der Waals surface area contributed by atoms with Crippen LogP contribution >= 0.6 is 0 Å². The van der Waals surface area contributed by atoms with Crippen LogP contribution in [0.2, 0.25) is 0 Å². The van der Waals surface area contributed by atoms with Crippen LogP contribution in [-0.2, 0) is 25.8 Å². The van der Waals surface area contributed by atoms with E-state index in [1.54, 1.807) is 12.1 Å². The van der Waals surface area contributed by atoms with Crippen molar-refractivity contribution in [2.24, 2.45) is 11.5 Å². The molecule has 0 spiro atoms. The minimum atomic E-state index is -4.25. The smallest absolute Gasteiger partial charge is 0.259 e.